The maximum Gasteiger partial charge on any atom is 0.407 e. The Kier molecular flexibility index (Phi) is 13.9. The molecule has 0 heterocycles. The first kappa shape index (κ1) is 28.5. The van der Waals surface area contributed by atoms with Crippen LogP contribution in [-0.4, -0.2) is 36.7 Å². The van der Waals surface area contributed by atoms with Gasteiger partial charge in [0.1, 0.15) is 12.2 Å². The number of amides is 2. The van der Waals surface area contributed by atoms with Gasteiger partial charge in [0.05, 0.1) is 5.92 Å². The molecule has 1 unspecified atom stereocenters. The fraction of sp³-hybridized carbons (Fsp3) is 0.654. The third kappa shape index (κ3) is 15.0. The molecule has 0 spiro atoms. The number of nitrogens with one attached hydrogen (secondary N) is 2. The van der Waals surface area contributed by atoms with Gasteiger partial charge in [0.2, 0.25) is 5.91 Å². The van der Waals surface area contributed by atoms with Crippen LogP contribution in [0, 0.1) is 5.92 Å². The predicted octanol–water partition coefficient (Wildman–Crippen LogP) is 5.13. The third-order valence-electron chi connectivity index (χ3n) is 5.10. The highest BCUT2D eigenvalue weighted by Crippen LogP contribution is 2.15. The number of benzene rings is 1. The zero-order chi connectivity index (χ0) is 24.5. The molecule has 7 nitrogen and oxygen atoms in total. The molecule has 0 aromatic heterocycles. The van der Waals surface area contributed by atoms with Crippen LogP contribution >= 0.6 is 0 Å². The SMILES string of the molecule is CCC(CCCCNC(=O)CCCCCNC(=O)OC(C)(C)C)C(=O)OCc1ccccc1. The van der Waals surface area contributed by atoms with Crippen LogP contribution in [0.1, 0.15) is 84.6 Å². The van der Waals surface area contributed by atoms with E-state index in [0.29, 0.717) is 26.1 Å². The molecule has 0 aliphatic carbocycles. The average molecular weight is 463 g/mol. The summed E-state index contributed by atoms with van der Waals surface area (Å²) < 4.78 is 10.6. The van der Waals surface area contributed by atoms with Gasteiger partial charge in [0.15, 0.2) is 0 Å². The average Bonchev–Trinajstić information content (AvgIpc) is 2.76. The van der Waals surface area contributed by atoms with Crippen molar-refractivity contribution in [3.8, 4) is 0 Å². The lowest BCUT2D eigenvalue weighted by molar-refractivity contribution is -0.150. The van der Waals surface area contributed by atoms with Crippen molar-refractivity contribution in [1.82, 2.24) is 10.6 Å². The Morgan fingerprint density at radius 3 is 2.24 bits per heavy atom. The number of hydrogen-bond donors (Lipinski definition) is 2. The number of hydrogen-bond acceptors (Lipinski definition) is 5. The van der Waals surface area contributed by atoms with Crippen molar-refractivity contribution in [2.45, 2.75) is 91.3 Å². The number of ether oxygens (including phenoxy) is 2. The minimum absolute atomic E-state index is 0.0458. The molecule has 0 saturated heterocycles. The van der Waals surface area contributed by atoms with Gasteiger partial charge in [-0.2, -0.15) is 0 Å². The molecule has 0 fully saturated rings. The molecule has 0 aliphatic rings. The van der Waals surface area contributed by atoms with E-state index in [1.807, 2.05) is 58.0 Å². The predicted molar refractivity (Wildman–Crippen MR) is 130 cm³/mol. The summed E-state index contributed by atoms with van der Waals surface area (Å²) >= 11 is 0. The molecule has 1 aromatic rings. The zero-order valence-electron chi connectivity index (χ0n) is 20.8. The molecule has 0 saturated carbocycles. The second-order valence-corrected chi connectivity index (χ2v) is 9.28. The van der Waals surface area contributed by atoms with E-state index in [0.717, 1.165) is 50.5 Å². The molecule has 1 rings (SSSR count). The standard InChI is InChI=1S/C26H42N2O5/c1-5-22(24(30)32-20-21-14-8-6-9-15-21)16-11-13-18-27-23(29)17-10-7-12-19-28-25(31)33-26(2,3)4/h6,8-9,14-15,22H,5,7,10-13,16-20H2,1-4H3,(H,27,29)(H,28,31). The van der Waals surface area contributed by atoms with Crippen LogP contribution in [0.5, 0.6) is 0 Å². The fourth-order valence-corrected chi connectivity index (χ4v) is 3.26. The van der Waals surface area contributed by atoms with E-state index in [9.17, 15) is 14.4 Å². The number of carbonyl (C=O) groups is 3. The van der Waals surface area contributed by atoms with Gasteiger partial charge in [-0.1, -0.05) is 50.1 Å². The minimum Gasteiger partial charge on any atom is -0.461 e. The topological polar surface area (TPSA) is 93.7 Å². The summed E-state index contributed by atoms with van der Waals surface area (Å²) in [5.41, 5.74) is 0.494. The highest BCUT2D eigenvalue weighted by molar-refractivity contribution is 5.75. The van der Waals surface area contributed by atoms with Gasteiger partial charge in [0, 0.05) is 19.5 Å². The van der Waals surface area contributed by atoms with Crippen LogP contribution in [0.2, 0.25) is 0 Å². The van der Waals surface area contributed by atoms with E-state index >= 15 is 0 Å². The van der Waals surface area contributed by atoms with Gasteiger partial charge < -0.3 is 20.1 Å². The second-order valence-electron chi connectivity index (χ2n) is 9.28. The van der Waals surface area contributed by atoms with Crippen molar-refractivity contribution in [3.05, 3.63) is 35.9 Å². The number of alkyl carbamates (subject to hydrolysis) is 1. The first-order valence-corrected chi connectivity index (χ1v) is 12.2. The van der Waals surface area contributed by atoms with Crippen LogP contribution in [0.4, 0.5) is 4.79 Å². The Labute approximate surface area is 199 Å². The molecule has 0 radical (unpaired) electrons. The quantitative estimate of drug-likeness (QED) is 0.278. The zero-order valence-corrected chi connectivity index (χ0v) is 20.8. The molecule has 0 aliphatic heterocycles. The lowest BCUT2D eigenvalue weighted by Crippen LogP contribution is -2.33. The lowest BCUT2D eigenvalue weighted by atomic mass is 9.99. The Hall–Kier alpha value is -2.57. The molecular formula is C26H42N2O5. The van der Waals surface area contributed by atoms with E-state index in [4.69, 9.17) is 9.47 Å². The summed E-state index contributed by atoms with van der Waals surface area (Å²) in [6, 6.07) is 9.68. The molecule has 2 amide bonds. The maximum absolute atomic E-state index is 12.3. The number of carbonyl (C=O) groups excluding carboxylic acids is 3. The van der Waals surface area contributed by atoms with Crippen molar-refractivity contribution < 1.29 is 23.9 Å². The van der Waals surface area contributed by atoms with E-state index in [-0.39, 0.29) is 17.8 Å². The van der Waals surface area contributed by atoms with Crippen molar-refractivity contribution in [2.24, 2.45) is 5.92 Å². The van der Waals surface area contributed by atoms with Crippen molar-refractivity contribution >= 4 is 18.0 Å². The van der Waals surface area contributed by atoms with Crippen molar-refractivity contribution in [1.29, 1.82) is 0 Å². The number of esters is 1. The summed E-state index contributed by atoms with van der Waals surface area (Å²) in [5.74, 6) is -0.199. The summed E-state index contributed by atoms with van der Waals surface area (Å²) in [4.78, 5) is 35.8. The maximum atomic E-state index is 12.3. The van der Waals surface area contributed by atoms with Crippen molar-refractivity contribution in [3.63, 3.8) is 0 Å². The number of unbranched alkanes of at least 4 members (excludes halogenated alkanes) is 3. The molecule has 7 heteroatoms. The molecule has 0 bridgehead atoms. The molecule has 1 atom stereocenters. The Balaban J connectivity index is 2.03. The van der Waals surface area contributed by atoms with Crippen molar-refractivity contribution in [2.75, 3.05) is 13.1 Å². The van der Waals surface area contributed by atoms with E-state index in [1.165, 1.54) is 0 Å². The molecule has 1 aromatic carbocycles. The largest absolute Gasteiger partial charge is 0.461 e. The van der Waals surface area contributed by atoms with Gasteiger partial charge in [0.25, 0.3) is 0 Å². The van der Waals surface area contributed by atoms with E-state index in [1.54, 1.807) is 0 Å². The second kappa shape index (κ2) is 16.1. The summed E-state index contributed by atoms with van der Waals surface area (Å²) in [6.07, 6.45) is 5.77. The Morgan fingerprint density at radius 2 is 1.58 bits per heavy atom. The third-order valence-corrected chi connectivity index (χ3v) is 5.10. The van der Waals surface area contributed by atoms with Gasteiger partial charge >= 0.3 is 12.1 Å². The monoisotopic (exact) mass is 462 g/mol. The van der Waals surface area contributed by atoms with Gasteiger partial charge in [-0.25, -0.2) is 4.79 Å². The number of rotatable bonds is 15. The smallest absolute Gasteiger partial charge is 0.407 e. The Morgan fingerprint density at radius 1 is 0.909 bits per heavy atom. The minimum atomic E-state index is -0.495. The molecule has 2 N–H and O–H groups in total. The van der Waals surface area contributed by atoms with Gasteiger partial charge in [-0.05, 0) is 58.4 Å². The van der Waals surface area contributed by atoms with E-state index in [2.05, 4.69) is 10.6 Å². The summed E-state index contributed by atoms with van der Waals surface area (Å²) in [6.45, 7) is 8.96. The Bertz CT molecular complexity index is 700. The van der Waals surface area contributed by atoms with Gasteiger partial charge in [-0.3, -0.25) is 9.59 Å². The first-order valence-electron chi connectivity index (χ1n) is 12.2. The summed E-state index contributed by atoms with van der Waals surface area (Å²) in [5, 5.41) is 5.66. The first-order chi connectivity index (χ1) is 15.7. The fourth-order valence-electron chi connectivity index (χ4n) is 3.26. The normalized spacial score (nSPS) is 12.0. The van der Waals surface area contributed by atoms with Crippen LogP contribution < -0.4 is 10.6 Å². The molecule has 186 valence electrons. The van der Waals surface area contributed by atoms with Crippen LogP contribution in [0.15, 0.2) is 30.3 Å². The van der Waals surface area contributed by atoms with Crippen LogP contribution in [0.3, 0.4) is 0 Å². The van der Waals surface area contributed by atoms with E-state index < -0.39 is 11.7 Å². The molecular weight excluding hydrogens is 420 g/mol. The van der Waals surface area contributed by atoms with Crippen LogP contribution in [0.25, 0.3) is 0 Å². The van der Waals surface area contributed by atoms with Gasteiger partial charge in [-0.15, -0.1) is 0 Å². The van der Waals surface area contributed by atoms with Crippen LogP contribution in [-0.2, 0) is 25.7 Å². The summed E-state index contributed by atoms with van der Waals surface area (Å²) in [7, 11) is 0. The lowest BCUT2D eigenvalue weighted by Gasteiger charge is -2.19. The molecule has 33 heavy (non-hydrogen) atoms. The highest BCUT2D eigenvalue weighted by Gasteiger charge is 2.18. The highest BCUT2D eigenvalue weighted by atomic mass is 16.6.